The van der Waals surface area contributed by atoms with Gasteiger partial charge < -0.3 is 10.1 Å². The predicted octanol–water partition coefficient (Wildman–Crippen LogP) is 1.57. The fourth-order valence-corrected chi connectivity index (χ4v) is 3.19. The number of amides is 1. The number of carbonyl (C=O) groups is 1. The summed E-state index contributed by atoms with van der Waals surface area (Å²) in [5.74, 6) is 0.405. The Balaban J connectivity index is 1.82. The van der Waals surface area contributed by atoms with Crippen molar-refractivity contribution in [1.29, 1.82) is 0 Å². The summed E-state index contributed by atoms with van der Waals surface area (Å²) < 4.78 is 6.10. The summed E-state index contributed by atoms with van der Waals surface area (Å²) in [7, 11) is 0. The lowest BCUT2D eigenvalue weighted by Gasteiger charge is -2.40. The summed E-state index contributed by atoms with van der Waals surface area (Å²) in [6, 6.07) is 0. The fourth-order valence-electron chi connectivity index (χ4n) is 3.19. The SMILES string of the molecule is O=C1NC2(CCCC2)OC2CCCC12. The summed E-state index contributed by atoms with van der Waals surface area (Å²) in [6.07, 6.45) is 7.90. The summed E-state index contributed by atoms with van der Waals surface area (Å²) in [4.78, 5) is 11.8. The molecule has 3 fully saturated rings. The number of carbonyl (C=O) groups excluding carboxylic acids is 1. The Bertz CT molecular complexity index is 258. The van der Waals surface area contributed by atoms with Crippen LogP contribution in [0.3, 0.4) is 0 Å². The molecule has 0 aromatic rings. The minimum absolute atomic E-state index is 0.154. The van der Waals surface area contributed by atoms with Gasteiger partial charge >= 0.3 is 0 Å². The first-order valence-corrected chi connectivity index (χ1v) is 5.79. The smallest absolute Gasteiger partial charge is 0.227 e. The lowest BCUT2D eigenvalue weighted by Crippen LogP contribution is -2.58. The van der Waals surface area contributed by atoms with Crippen molar-refractivity contribution >= 4 is 5.91 Å². The molecule has 2 aliphatic carbocycles. The first kappa shape index (κ1) is 8.72. The van der Waals surface area contributed by atoms with E-state index in [0.29, 0.717) is 0 Å². The second kappa shape index (κ2) is 2.96. The Morgan fingerprint density at radius 2 is 2.00 bits per heavy atom. The van der Waals surface area contributed by atoms with Gasteiger partial charge in [-0.3, -0.25) is 4.79 Å². The van der Waals surface area contributed by atoms with Crippen LogP contribution in [-0.2, 0) is 9.53 Å². The quantitative estimate of drug-likeness (QED) is 0.637. The molecule has 1 spiro atoms. The topological polar surface area (TPSA) is 38.3 Å². The highest BCUT2D eigenvalue weighted by Gasteiger charge is 2.48. The van der Waals surface area contributed by atoms with Crippen LogP contribution in [0.5, 0.6) is 0 Å². The normalized spacial score (nSPS) is 39.9. The van der Waals surface area contributed by atoms with Crippen LogP contribution in [0.4, 0.5) is 0 Å². The Morgan fingerprint density at radius 1 is 1.21 bits per heavy atom. The van der Waals surface area contributed by atoms with Crippen LogP contribution in [0.25, 0.3) is 0 Å². The van der Waals surface area contributed by atoms with E-state index in [1.165, 1.54) is 12.8 Å². The Kier molecular flexibility index (Phi) is 1.84. The lowest BCUT2D eigenvalue weighted by molar-refractivity contribution is -0.175. The average molecular weight is 195 g/mol. The molecule has 0 radical (unpaired) electrons. The summed E-state index contributed by atoms with van der Waals surface area (Å²) >= 11 is 0. The molecule has 1 heterocycles. The molecular formula is C11H17NO2. The highest BCUT2D eigenvalue weighted by atomic mass is 16.5. The van der Waals surface area contributed by atoms with Crippen molar-refractivity contribution in [2.45, 2.75) is 56.8 Å². The Hall–Kier alpha value is -0.570. The second-order valence-corrected chi connectivity index (χ2v) is 4.88. The Morgan fingerprint density at radius 3 is 2.79 bits per heavy atom. The molecule has 3 heteroatoms. The number of nitrogens with one attached hydrogen (secondary N) is 1. The van der Waals surface area contributed by atoms with E-state index in [1.54, 1.807) is 0 Å². The van der Waals surface area contributed by atoms with Crippen molar-refractivity contribution < 1.29 is 9.53 Å². The standard InChI is InChI=1S/C11H17NO2/c13-10-8-4-3-5-9(8)14-11(12-10)6-1-2-7-11/h8-9H,1-7H2,(H,12,13). The van der Waals surface area contributed by atoms with Crippen molar-refractivity contribution in [3.05, 3.63) is 0 Å². The average Bonchev–Trinajstić information content (AvgIpc) is 2.75. The van der Waals surface area contributed by atoms with E-state index in [2.05, 4.69) is 5.32 Å². The van der Waals surface area contributed by atoms with Gasteiger partial charge in [-0.05, 0) is 44.9 Å². The molecule has 2 saturated carbocycles. The van der Waals surface area contributed by atoms with E-state index in [9.17, 15) is 4.79 Å². The number of hydrogen-bond donors (Lipinski definition) is 1. The van der Waals surface area contributed by atoms with Gasteiger partial charge in [-0.15, -0.1) is 0 Å². The van der Waals surface area contributed by atoms with Crippen molar-refractivity contribution in [1.82, 2.24) is 5.32 Å². The molecule has 0 aromatic heterocycles. The molecule has 1 N–H and O–H groups in total. The zero-order valence-corrected chi connectivity index (χ0v) is 8.42. The van der Waals surface area contributed by atoms with Gasteiger partial charge in [0.25, 0.3) is 0 Å². The molecule has 78 valence electrons. The minimum atomic E-state index is -0.261. The summed E-state index contributed by atoms with van der Waals surface area (Å²) in [5.41, 5.74) is -0.261. The van der Waals surface area contributed by atoms with Crippen LogP contribution >= 0.6 is 0 Å². The van der Waals surface area contributed by atoms with Crippen LogP contribution in [0.1, 0.15) is 44.9 Å². The molecule has 3 rings (SSSR count). The zero-order valence-electron chi connectivity index (χ0n) is 8.42. The first-order chi connectivity index (χ1) is 6.79. The van der Waals surface area contributed by atoms with Crippen molar-refractivity contribution in [2.75, 3.05) is 0 Å². The van der Waals surface area contributed by atoms with Gasteiger partial charge in [0.2, 0.25) is 5.91 Å². The monoisotopic (exact) mass is 195 g/mol. The summed E-state index contributed by atoms with van der Waals surface area (Å²) in [5, 5.41) is 3.10. The first-order valence-electron chi connectivity index (χ1n) is 5.79. The van der Waals surface area contributed by atoms with E-state index in [-0.39, 0.29) is 23.7 Å². The van der Waals surface area contributed by atoms with Crippen LogP contribution in [-0.4, -0.2) is 17.7 Å². The van der Waals surface area contributed by atoms with Gasteiger partial charge in [0, 0.05) is 0 Å². The largest absolute Gasteiger partial charge is 0.352 e. The molecule has 14 heavy (non-hydrogen) atoms. The zero-order chi connectivity index (χ0) is 9.60. The van der Waals surface area contributed by atoms with Crippen molar-refractivity contribution in [3.63, 3.8) is 0 Å². The van der Waals surface area contributed by atoms with E-state index in [4.69, 9.17) is 4.74 Å². The third-order valence-electron chi connectivity index (χ3n) is 3.93. The van der Waals surface area contributed by atoms with Crippen LogP contribution in [0, 0.1) is 5.92 Å². The van der Waals surface area contributed by atoms with Gasteiger partial charge in [0.05, 0.1) is 12.0 Å². The maximum absolute atomic E-state index is 11.8. The van der Waals surface area contributed by atoms with E-state index < -0.39 is 0 Å². The highest BCUT2D eigenvalue weighted by molar-refractivity contribution is 5.81. The minimum Gasteiger partial charge on any atom is -0.352 e. The number of rotatable bonds is 0. The van der Waals surface area contributed by atoms with E-state index in [0.717, 1.165) is 32.1 Å². The number of hydrogen-bond acceptors (Lipinski definition) is 2. The van der Waals surface area contributed by atoms with Crippen LogP contribution in [0.15, 0.2) is 0 Å². The highest BCUT2D eigenvalue weighted by Crippen LogP contribution is 2.41. The maximum atomic E-state index is 11.8. The molecule has 2 unspecified atom stereocenters. The molecular weight excluding hydrogens is 178 g/mol. The molecule has 1 saturated heterocycles. The van der Waals surface area contributed by atoms with Gasteiger partial charge in [-0.2, -0.15) is 0 Å². The molecule has 1 amide bonds. The number of fused-ring (bicyclic) bond motifs is 1. The maximum Gasteiger partial charge on any atom is 0.227 e. The predicted molar refractivity (Wildman–Crippen MR) is 51.6 cm³/mol. The second-order valence-electron chi connectivity index (χ2n) is 4.88. The molecule has 2 atom stereocenters. The van der Waals surface area contributed by atoms with Crippen LogP contribution in [0.2, 0.25) is 0 Å². The third kappa shape index (κ3) is 1.18. The molecule has 0 bridgehead atoms. The van der Waals surface area contributed by atoms with E-state index >= 15 is 0 Å². The lowest BCUT2D eigenvalue weighted by atomic mass is 9.99. The fraction of sp³-hybridized carbons (Fsp3) is 0.909. The van der Waals surface area contributed by atoms with Crippen LogP contribution < -0.4 is 5.32 Å². The Labute approximate surface area is 84.2 Å². The molecule has 3 aliphatic rings. The van der Waals surface area contributed by atoms with Gasteiger partial charge in [0.1, 0.15) is 5.72 Å². The third-order valence-corrected chi connectivity index (χ3v) is 3.93. The van der Waals surface area contributed by atoms with Gasteiger partial charge in [-0.1, -0.05) is 0 Å². The van der Waals surface area contributed by atoms with E-state index in [1.807, 2.05) is 0 Å². The number of ether oxygens (including phenoxy) is 1. The molecule has 0 aromatic carbocycles. The molecule has 1 aliphatic heterocycles. The van der Waals surface area contributed by atoms with Gasteiger partial charge in [-0.25, -0.2) is 0 Å². The van der Waals surface area contributed by atoms with Crippen molar-refractivity contribution in [2.24, 2.45) is 5.92 Å². The van der Waals surface area contributed by atoms with Crippen molar-refractivity contribution in [3.8, 4) is 0 Å². The molecule has 3 nitrogen and oxygen atoms in total. The van der Waals surface area contributed by atoms with Gasteiger partial charge in [0.15, 0.2) is 0 Å². The summed E-state index contributed by atoms with van der Waals surface area (Å²) in [6.45, 7) is 0.